The Morgan fingerprint density at radius 3 is 2.39 bits per heavy atom. The summed E-state index contributed by atoms with van der Waals surface area (Å²) in [7, 11) is 3.09. The van der Waals surface area contributed by atoms with E-state index in [1.807, 2.05) is 12.1 Å². The van der Waals surface area contributed by atoms with E-state index in [4.69, 9.17) is 21.1 Å². The topological polar surface area (TPSA) is 59.6 Å². The lowest BCUT2D eigenvalue weighted by Crippen LogP contribution is -2.23. The van der Waals surface area contributed by atoms with Crippen LogP contribution in [0.15, 0.2) is 48.7 Å². The van der Waals surface area contributed by atoms with Gasteiger partial charge in [-0.2, -0.15) is 0 Å². The Morgan fingerprint density at radius 1 is 1.04 bits per heavy atom. The quantitative estimate of drug-likeness (QED) is 0.864. The van der Waals surface area contributed by atoms with Crippen LogP contribution in [0.1, 0.15) is 5.56 Å². The second-order valence-corrected chi connectivity index (χ2v) is 4.99. The van der Waals surface area contributed by atoms with Gasteiger partial charge in [-0.05, 0) is 35.9 Å². The van der Waals surface area contributed by atoms with E-state index in [0.717, 1.165) is 5.56 Å². The first-order valence-electron chi connectivity index (χ1n) is 6.84. The largest absolute Gasteiger partial charge is 0.493 e. The van der Waals surface area contributed by atoms with Crippen molar-refractivity contribution in [2.75, 3.05) is 19.5 Å². The molecule has 0 aromatic heterocycles. The van der Waals surface area contributed by atoms with Gasteiger partial charge in [0, 0.05) is 23.0 Å². The number of anilines is 1. The number of amides is 2. The van der Waals surface area contributed by atoms with E-state index >= 15 is 0 Å². The lowest BCUT2D eigenvalue weighted by Gasteiger charge is -2.10. The Morgan fingerprint density at radius 2 is 1.74 bits per heavy atom. The van der Waals surface area contributed by atoms with Crippen LogP contribution in [0, 0.1) is 0 Å². The van der Waals surface area contributed by atoms with Gasteiger partial charge in [-0.3, -0.25) is 0 Å². The fourth-order valence-corrected chi connectivity index (χ4v) is 1.99. The van der Waals surface area contributed by atoms with Crippen LogP contribution in [0.3, 0.4) is 0 Å². The fraction of sp³-hybridized carbons (Fsp3) is 0.118. The van der Waals surface area contributed by atoms with Crippen LogP contribution in [-0.4, -0.2) is 20.3 Å². The molecule has 0 aliphatic rings. The summed E-state index contributed by atoms with van der Waals surface area (Å²) < 4.78 is 10.3. The van der Waals surface area contributed by atoms with Gasteiger partial charge in [-0.1, -0.05) is 23.7 Å². The van der Waals surface area contributed by atoms with Crippen molar-refractivity contribution >= 4 is 29.4 Å². The van der Waals surface area contributed by atoms with Crippen molar-refractivity contribution < 1.29 is 14.3 Å². The van der Waals surface area contributed by atoms with E-state index in [-0.39, 0.29) is 6.03 Å². The maximum absolute atomic E-state index is 11.8. The van der Waals surface area contributed by atoms with E-state index in [1.165, 1.54) is 7.11 Å². The van der Waals surface area contributed by atoms with Crippen molar-refractivity contribution in [3.63, 3.8) is 0 Å². The minimum atomic E-state index is -0.359. The molecule has 2 N–H and O–H groups in total. The van der Waals surface area contributed by atoms with Crippen molar-refractivity contribution in [1.29, 1.82) is 0 Å². The van der Waals surface area contributed by atoms with E-state index in [2.05, 4.69) is 10.6 Å². The number of halogens is 1. The molecule has 0 saturated carbocycles. The number of urea groups is 1. The summed E-state index contributed by atoms with van der Waals surface area (Å²) in [5, 5.41) is 6.00. The van der Waals surface area contributed by atoms with Gasteiger partial charge in [0.15, 0.2) is 11.5 Å². The predicted octanol–water partition coefficient (Wildman–Crippen LogP) is 4.15. The summed E-state index contributed by atoms with van der Waals surface area (Å²) in [6.45, 7) is 0. The van der Waals surface area contributed by atoms with Gasteiger partial charge in [-0.25, -0.2) is 4.79 Å². The van der Waals surface area contributed by atoms with Gasteiger partial charge < -0.3 is 20.1 Å². The first-order valence-corrected chi connectivity index (χ1v) is 7.22. The number of carbonyl (C=O) groups is 1. The van der Waals surface area contributed by atoms with Crippen molar-refractivity contribution in [1.82, 2.24) is 5.32 Å². The molecule has 120 valence electrons. The zero-order valence-corrected chi connectivity index (χ0v) is 13.6. The summed E-state index contributed by atoms with van der Waals surface area (Å²) >= 11 is 5.81. The highest BCUT2D eigenvalue weighted by atomic mass is 35.5. The number of methoxy groups -OCH3 is 2. The minimum absolute atomic E-state index is 0.359. The molecule has 5 nitrogen and oxygen atoms in total. The average molecular weight is 333 g/mol. The van der Waals surface area contributed by atoms with Crippen molar-refractivity contribution in [3.8, 4) is 11.5 Å². The van der Waals surface area contributed by atoms with E-state index < -0.39 is 0 Å². The number of carbonyl (C=O) groups excluding carboxylic acids is 1. The molecule has 2 aromatic carbocycles. The molecule has 23 heavy (non-hydrogen) atoms. The molecule has 0 aliphatic carbocycles. The average Bonchev–Trinajstić information content (AvgIpc) is 2.56. The third-order valence-electron chi connectivity index (χ3n) is 3.00. The Bertz CT molecular complexity index is 699. The summed E-state index contributed by atoms with van der Waals surface area (Å²) in [6, 6.07) is 12.0. The molecule has 0 heterocycles. The molecule has 6 heteroatoms. The van der Waals surface area contributed by atoms with Gasteiger partial charge in [0.05, 0.1) is 14.2 Å². The first kappa shape index (κ1) is 16.7. The number of nitrogens with one attached hydrogen (secondary N) is 2. The summed E-state index contributed by atoms with van der Waals surface area (Å²) in [6.07, 6.45) is 3.32. The zero-order chi connectivity index (χ0) is 16.7. The summed E-state index contributed by atoms with van der Waals surface area (Å²) in [5.74, 6) is 1.14. The van der Waals surface area contributed by atoms with Crippen LogP contribution in [0.2, 0.25) is 5.02 Å². The fourth-order valence-electron chi connectivity index (χ4n) is 1.87. The molecule has 0 atom stereocenters. The summed E-state index contributed by atoms with van der Waals surface area (Å²) in [5.41, 5.74) is 1.53. The standard InChI is InChI=1S/C17H17ClN2O3/c1-22-15-8-7-14(11-16(15)23-2)20-17(21)19-10-9-12-3-5-13(18)6-4-12/h3-11H,1-2H3,(H2,19,20,21)/b10-9+. The molecule has 0 spiro atoms. The highest BCUT2D eigenvalue weighted by molar-refractivity contribution is 6.30. The molecule has 0 aliphatic heterocycles. The molecular formula is C17H17ClN2O3. The minimum Gasteiger partial charge on any atom is -0.493 e. The van der Waals surface area contributed by atoms with E-state index in [1.54, 1.807) is 49.7 Å². The second-order valence-electron chi connectivity index (χ2n) is 4.55. The molecule has 0 fully saturated rings. The Balaban J connectivity index is 1.93. The van der Waals surface area contributed by atoms with E-state index in [0.29, 0.717) is 22.2 Å². The molecular weight excluding hydrogens is 316 g/mol. The SMILES string of the molecule is COc1ccc(NC(=O)N/C=C/c2ccc(Cl)cc2)cc1OC. The lowest BCUT2D eigenvalue weighted by molar-refractivity contribution is 0.255. The van der Waals surface area contributed by atoms with Gasteiger partial charge in [0.25, 0.3) is 0 Å². The van der Waals surface area contributed by atoms with E-state index in [9.17, 15) is 4.79 Å². The molecule has 0 saturated heterocycles. The molecule has 2 amide bonds. The third kappa shape index (κ3) is 4.93. The summed E-state index contributed by atoms with van der Waals surface area (Å²) in [4.78, 5) is 11.8. The highest BCUT2D eigenvalue weighted by Gasteiger charge is 2.06. The number of rotatable bonds is 5. The first-order chi connectivity index (χ1) is 11.1. The third-order valence-corrected chi connectivity index (χ3v) is 3.25. The second kappa shape index (κ2) is 8.10. The van der Waals surface area contributed by atoms with Crippen LogP contribution in [0.25, 0.3) is 6.08 Å². The lowest BCUT2D eigenvalue weighted by atomic mass is 10.2. The number of hydrogen-bond donors (Lipinski definition) is 2. The van der Waals surface area contributed by atoms with Crippen LogP contribution in [-0.2, 0) is 0 Å². The number of hydrogen-bond acceptors (Lipinski definition) is 3. The zero-order valence-electron chi connectivity index (χ0n) is 12.8. The van der Waals surface area contributed by atoms with Crippen LogP contribution in [0.4, 0.5) is 10.5 Å². The molecule has 0 radical (unpaired) electrons. The smallest absolute Gasteiger partial charge is 0.323 e. The normalized spacial score (nSPS) is 10.4. The molecule has 0 bridgehead atoms. The highest BCUT2D eigenvalue weighted by Crippen LogP contribution is 2.29. The Hall–Kier alpha value is -2.66. The van der Waals surface area contributed by atoms with Gasteiger partial charge in [0.2, 0.25) is 0 Å². The number of benzene rings is 2. The predicted molar refractivity (Wildman–Crippen MR) is 92.2 cm³/mol. The van der Waals surface area contributed by atoms with Crippen molar-refractivity contribution in [2.45, 2.75) is 0 Å². The maximum atomic E-state index is 11.8. The Labute approximate surface area is 139 Å². The van der Waals surface area contributed by atoms with Crippen LogP contribution in [0.5, 0.6) is 11.5 Å². The molecule has 0 unspecified atom stereocenters. The van der Waals surface area contributed by atoms with Gasteiger partial charge in [0.1, 0.15) is 0 Å². The molecule has 2 rings (SSSR count). The van der Waals surface area contributed by atoms with Crippen LogP contribution >= 0.6 is 11.6 Å². The molecule has 2 aromatic rings. The number of ether oxygens (including phenoxy) is 2. The van der Waals surface area contributed by atoms with Gasteiger partial charge in [-0.15, -0.1) is 0 Å². The monoisotopic (exact) mass is 332 g/mol. The van der Waals surface area contributed by atoms with Gasteiger partial charge >= 0.3 is 6.03 Å². The van der Waals surface area contributed by atoms with Crippen LogP contribution < -0.4 is 20.1 Å². The van der Waals surface area contributed by atoms with Crippen molar-refractivity contribution in [2.24, 2.45) is 0 Å². The van der Waals surface area contributed by atoms with Crippen molar-refractivity contribution in [3.05, 3.63) is 59.3 Å². The maximum Gasteiger partial charge on any atom is 0.323 e. The Kier molecular flexibility index (Phi) is 5.88.